The maximum Gasteiger partial charge on any atom is 0.266 e. The van der Waals surface area contributed by atoms with Gasteiger partial charge in [-0.3, -0.25) is 19.1 Å². The van der Waals surface area contributed by atoms with Crippen LogP contribution in [0.3, 0.4) is 0 Å². The Labute approximate surface area is 177 Å². The van der Waals surface area contributed by atoms with E-state index < -0.39 is 5.91 Å². The summed E-state index contributed by atoms with van der Waals surface area (Å²) >= 11 is 0. The first kappa shape index (κ1) is 19.6. The number of benzene rings is 1. The van der Waals surface area contributed by atoms with Crippen LogP contribution in [0.25, 0.3) is 22.5 Å². The van der Waals surface area contributed by atoms with E-state index in [0.29, 0.717) is 41.3 Å². The molecule has 3 aromatic heterocycles. The average Bonchev–Trinajstić information content (AvgIpc) is 3.45. The fourth-order valence-electron chi connectivity index (χ4n) is 3.17. The van der Waals surface area contributed by atoms with Crippen molar-refractivity contribution in [2.24, 2.45) is 5.73 Å². The number of carbonyl (C=O) groups is 1. The molecule has 0 unspecified atom stereocenters. The molecule has 0 atom stereocenters. The average molecular weight is 408 g/mol. The number of rotatable bonds is 6. The van der Waals surface area contributed by atoms with Gasteiger partial charge in [-0.15, -0.1) is 0 Å². The molecule has 0 saturated heterocycles. The summed E-state index contributed by atoms with van der Waals surface area (Å²) < 4.78 is 3.28. The zero-order valence-corrected chi connectivity index (χ0v) is 16.3. The second-order valence-corrected chi connectivity index (χ2v) is 6.69. The van der Waals surface area contributed by atoms with E-state index in [2.05, 4.69) is 15.2 Å². The summed E-state index contributed by atoms with van der Waals surface area (Å²) in [5, 5.41) is 27.3. The van der Waals surface area contributed by atoms with Crippen molar-refractivity contribution in [1.29, 1.82) is 10.5 Å². The summed E-state index contributed by atoms with van der Waals surface area (Å²) in [6.45, 7) is 0.840. The van der Waals surface area contributed by atoms with Crippen molar-refractivity contribution >= 4 is 5.91 Å². The SMILES string of the molecule is N#Cc1ccc(-c2ccn(CCn3nc(-c4cccnc4)cc3C(N)=O)n2)cc1C#N. The van der Waals surface area contributed by atoms with Gasteiger partial charge in [-0.05, 0) is 36.4 Å². The lowest BCUT2D eigenvalue weighted by Crippen LogP contribution is -2.19. The third-order valence-corrected chi connectivity index (χ3v) is 4.73. The van der Waals surface area contributed by atoms with Crippen molar-refractivity contribution in [2.45, 2.75) is 13.1 Å². The molecular formula is C22H16N8O. The Morgan fingerprint density at radius 2 is 1.81 bits per heavy atom. The van der Waals surface area contributed by atoms with Gasteiger partial charge in [0.2, 0.25) is 0 Å². The summed E-state index contributed by atoms with van der Waals surface area (Å²) in [6.07, 6.45) is 5.14. The number of hydrogen-bond acceptors (Lipinski definition) is 6. The second-order valence-electron chi connectivity index (χ2n) is 6.69. The number of aryl methyl sites for hydroxylation is 2. The Kier molecular flexibility index (Phi) is 5.24. The topological polar surface area (TPSA) is 139 Å². The number of hydrogen-bond donors (Lipinski definition) is 1. The maximum atomic E-state index is 11.9. The van der Waals surface area contributed by atoms with E-state index in [0.717, 1.165) is 11.1 Å². The molecule has 150 valence electrons. The predicted octanol–water partition coefficient (Wildman–Crippen LogP) is 2.35. The minimum Gasteiger partial charge on any atom is -0.364 e. The molecule has 4 rings (SSSR count). The van der Waals surface area contributed by atoms with Crippen molar-refractivity contribution in [3.05, 3.63) is 77.9 Å². The number of nitrogens with zero attached hydrogens (tertiary/aromatic N) is 7. The van der Waals surface area contributed by atoms with Crippen LogP contribution in [-0.2, 0) is 13.1 Å². The van der Waals surface area contributed by atoms with E-state index in [-0.39, 0.29) is 0 Å². The first-order valence-electron chi connectivity index (χ1n) is 9.35. The van der Waals surface area contributed by atoms with E-state index in [1.165, 1.54) is 0 Å². The molecule has 4 aromatic rings. The van der Waals surface area contributed by atoms with Crippen molar-refractivity contribution in [2.75, 3.05) is 0 Å². The number of nitrogens with two attached hydrogens (primary N) is 1. The molecule has 0 saturated carbocycles. The van der Waals surface area contributed by atoms with Crippen LogP contribution in [0.5, 0.6) is 0 Å². The highest BCUT2D eigenvalue weighted by Gasteiger charge is 2.14. The van der Waals surface area contributed by atoms with Crippen LogP contribution in [0, 0.1) is 22.7 Å². The van der Waals surface area contributed by atoms with Gasteiger partial charge in [0.25, 0.3) is 5.91 Å². The molecule has 0 spiro atoms. The van der Waals surface area contributed by atoms with Crippen molar-refractivity contribution in [3.63, 3.8) is 0 Å². The molecule has 9 nitrogen and oxygen atoms in total. The predicted molar refractivity (Wildman–Crippen MR) is 111 cm³/mol. The normalized spacial score (nSPS) is 10.4. The van der Waals surface area contributed by atoms with Crippen LogP contribution in [0.15, 0.2) is 61.1 Å². The minimum atomic E-state index is -0.564. The van der Waals surface area contributed by atoms with Gasteiger partial charge < -0.3 is 5.73 Å². The van der Waals surface area contributed by atoms with Crippen LogP contribution in [0.2, 0.25) is 0 Å². The van der Waals surface area contributed by atoms with E-state index >= 15 is 0 Å². The summed E-state index contributed by atoms with van der Waals surface area (Å²) in [6, 6.07) is 16.2. The van der Waals surface area contributed by atoms with Gasteiger partial charge in [-0.25, -0.2) is 0 Å². The smallest absolute Gasteiger partial charge is 0.266 e. The fraction of sp³-hybridized carbons (Fsp3) is 0.0909. The Hall–Kier alpha value is -4.76. The monoisotopic (exact) mass is 408 g/mol. The van der Waals surface area contributed by atoms with Crippen molar-refractivity contribution in [1.82, 2.24) is 24.5 Å². The molecule has 0 aliphatic rings. The van der Waals surface area contributed by atoms with Gasteiger partial charge in [0.15, 0.2) is 0 Å². The number of pyridine rings is 1. The highest BCUT2D eigenvalue weighted by molar-refractivity contribution is 5.92. The molecule has 0 aliphatic heterocycles. The number of primary amides is 1. The van der Waals surface area contributed by atoms with Crippen LogP contribution in [0.1, 0.15) is 21.6 Å². The van der Waals surface area contributed by atoms with Gasteiger partial charge in [-0.2, -0.15) is 20.7 Å². The first-order valence-corrected chi connectivity index (χ1v) is 9.35. The molecule has 0 bridgehead atoms. The summed E-state index contributed by atoms with van der Waals surface area (Å²) in [5.41, 5.74) is 9.27. The molecule has 1 aromatic carbocycles. The largest absolute Gasteiger partial charge is 0.364 e. The Balaban J connectivity index is 1.54. The standard InChI is InChI=1S/C22H16N8O/c23-12-16-4-3-15(10-18(16)13-24)19-5-7-29(27-19)8-9-30-21(22(25)31)11-20(28-30)17-2-1-6-26-14-17/h1-7,10-11,14H,8-9H2,(H2,25,31). The Bertz CT molecular complexity index is 1340. The minimum absolute atomic E-state index is 0.303. The van der Waals surface area contributed by atoms with Crippen LogP contribution >= 0.6 is 0 Å². The zero-order chi connectivity index (χ0) is 21.8. The van der Waals surface area contributed by atoms with Crippen LogP contribution < -0.4 is 5.73 Å². The second kappa shape index (κ2) is 8.31. The van der Waals surface area contributed by atoms with E-state index in [1.54, 1.807) is 58.3 Å². The van der Waals surface area contributed by atoms with Crippen LogP contribution in [0.4, 0.5) is 0 Å². The number of carbonyl (C=O) groups excluding carboxylic acids is 1. The number of aromatic nitrogens is 5. The maximum absolute atomic E-state index is 11.9. The Morgan fingerprint density at radius 1 is 0.968 bits per heavy atom. The molecule has 0 aliphatic carbocycles. The summed E-state index contributed by atoms with van der Waals surface area (Å²) in [7, 11) is 0. The highest BCUT2D eigenvalue weighted by Crippen LogP contribution is 2.21. The molecule has 0 radical (unpaired) electrons. The number of amides is 1. The highest BCUT2D eigenvalue weighted by atomic mass is 16.1. The zero-order valence-electron chi connectivity index (χ0n) is 16.3. The van der Waals surface area contributed by atoms with E-state index in [1.807, 2.05) is 24.3 Å². The molecular weight excluding hydrogens is 392 g/mol. The molecule has 2 N–H and O–H groups in total. The molecule has 3 heterocycles. The molecule has 1 amide bonds. The Morgan fingerprint density at radius 3 is 2.52 bits per heavy atom. The van der Waals surface area contributed by atoms with E-state index in [9.17, 15) is 10.1 Å². The summed E-state index contributed by atoms with van der Waals surface area (Å²) in [5.74, 6) is -0.564. The molecule has 9 heteroatoms. The van der Waals surface area contributed by atoms with E-state index in [4.69, 9.17) is 11.0 Å². The first-order chi connectivity index (χ1) is 15.1. The molecule has 31 heavy (non-hydrogen) atoms. The quantitative estimate of drug-likeness (QED) is 0.519. The lowest BCUT2D eigenvalue weighted by atomic mass is 10.0. The van der Waals surface area contributed by atoms with Gasteiger partial charge in [0, 0.05) is 29.7 Å². The van der Waals surface area contributed by atoms with Gasteiger partial charge >= 0.3 is 0 Å². The molecule has 0 fully saturated rings. The van der Waals surface area contributed by atoms with Gasteiger partial charge in [0.1, 0.15) is 17.8 Å². The van der Waals surface area contributed by atoms with Gasteiger partial charge in [0.05, 0.1) is 35.6 Å². The fourth-order valence-corrected chi connectivity index (χ4v) is 3.17. The lowest BCUT2D eigenvalue weighted by Gasteiger charge is -2.05. The third-order valence-electron chi connectivity index (χ3n) is 4.73. The van der Waals surface area contributed by atoms with Crippen molar-refractivity contribution in [3.8, 4) is 34.7 Å². The number of nitriles is 2. The lowest BCUT2D eigenvalue weighted by molar-refractivity contribution is 0.0989. The van der Waals surface area contributed by atoms with Crippen LogP contribution in [-0.4, -0.2) is 30.5 Å². The van der Waals surface area contributed by atoms with Crippen molar-refractivity contribution < 1.29 is 4.79 Å². The third kappa shape index (κ3) is 4.02. The van der Waals surface area contributed by atoms with Gasteiger partial charge in [-0.1, -0.05) is 6.07 Å². The summed E-state index contributed by atoms with van der Waals surface area (Å²) in [4.78, 5) is 15.9.